The van der Waals surface area contributed by atoms with E-state index in [0.29, 0.717) is 35.8 Å². The summed E-state index contributed by atoms with van der Waals surface area (Å²) in [5, 5.41) is 12.5. The number of piperidine rings is 1. The molecule has 1 aromatic rings. The van der Waals surface area contributed by atoms with Gasteiger partial charge in [0, 0.05) is 87.3 Å². The summed E-state index contributed by atoms with van der Waals surface area (Å²) in [6.45, 7) is 5.45. The number of aryl methyl sites for hydroxylation is 1. The molecule has 0 aliphatic carbocycles. The number of nitrogens with one attached hydrogen (secondary N) is 3. The number of alkyl halides is 2. The normalized spacial score (nSPS) is 18.8. The van der Waals surface area contributed by atoms with Crippen LogP contribution in [0.4, 0.5) is 14.5 Å². The fraction of sp³-hybridized carbons (Fsp3) is 0.577. The predicted molar refractivity (Wildman–Crippen MR) is 145 cm³/mol. The molecular weight excluding hydrogens is 551 g/mol. The van der Waals surface area contributed by atoms with Crippen LogP contribution in [0.25, 0.3) is 11.0 Å². The summed E-state index contributed by atoms with van der Waals surface area (Å²) in [6, 6.07) is 3.70. The molecule has 1 radical (unpaired) electrons. The summed E-state index contributed by atoms with van der Waals surface area (Å²) in [5.41, 5.74) is 21.3. The standard InChI is InChI=1S/C26H41F2N8.Y/c1-4-5-17-12-20(18(14-29)15-31-2)21(25(27)28)13-24(17)35-26(30)22-16-36(32-3)11-8-23(22)34-19-6-9-33-10-7-19;/h12-15,19,25-26,33-35H,4-11,16,29-30H2,1-3H3;/q-1;/b18-14+,31-15?;. The van der Waals surface area contributed by atoms with Crippen molar-refractivity contribution in [3.05, 3.63) is 51.7 Å². The van der Waals surface area contributed by atoms with Crippen molar-refractivity contribution in [2.45, 2.75) is 57.7 Å². The number of anilines is 1. The number of benzene rings is 1. The monoisotopic (exact) mass is 592 g/mol. The Bertz CT molecular complexity index is 960. The number of aliphatic imine (C=N–C) groups is 1. The van der Waals surface area contributed by atoms with Gasteiger partial charge in [-0.15, -0.1) is 0 Å². The van der Waals surface area contributed by atoms with Crippen LogP contribution in [-0.4, -0.2) is 63.7 Å². The van der Waals surface area contributed by atoms with Gasteiger partial charge in [-0.2, -0.15) is 7.05 Å². The largest absolute Gasteiger partial charge is 0.597 e. The van der Waals surface area contributed by atoms with E-state index < -0.39 is 12.6 Å². The van der Waals surface area contributed by atoms with E-state index in [4.69, 9.17) is 11.5 Å². The van der Waals surface area contributed by atoms with Crippen LogP contribution in [0.3, 0.4) is 0 Å². The van der Waals surface area contributed by atoms with Gasteiger partial charge in [0.25, 0.3) is 6.43 Å². The van der Waals surface area contributed by atoms with E-state index in [-0.39, 0.29) is 38.3 Å². The van der Waals surface area contributed by atoms with Gasteiger partial charge >= 0.3 is 0 Å². The van der Waals surface area contributed by atoms with Crippen molar-refractivity contribution >= 4 is 17.5 Å². The number of rotatable bonds is 11. The third kappa shape index (κ3) is 8.53. The summed E-state index contributed by atoms with van der Waals surface area (Å²) in [4.78, 5) is 3.98. The van der Waals surface area contributed by atoms with Gasteiger partial charge < -0.3 is 37.9 Å². The molecule has 0 bridgehead atoms. The zero-order valence-corrected chi connectivity index (χ0v) is 25.1. The molecule has 1 unspecified atom stereocenters. The summed E-state index contributed by atoms with van der Waals surface area (Å²) >= 11 is 0. The minimum atomic E-state index is -2.67. The van der Waals surface area contributed by atoms with Crippen LogP contribution in [0.1, 0.15) is 55.7 Å². The Hall–Kier alpha value is -1.43. The van der Waals surface area contributed by atoms with Crippen molar-refractivity contribution in [1.29, 1.82) is 0 Å². The fourth-order valence-electron chi connectivity index (χ4n) is 4.91. The molecule has 2 aliphatic heterocycles. The SMILES string of the molecule is CCCc1cc(/C(C=NC)=C/N)c(C(F)F)cc1NC(N)C1=C(NC2CCNCC2)CCN([N-]C)C1.[Y]. The van der Waals surface area contributed by atoms with Crippen LogP contribution in [0, 0.1) is 0 Å². The number of nitrogens with two attached hydrogens (primary N) is 2. The zero-order valence-electron chi connectivity index (χ0n) is 22.2. The van der Waals surface area contributed by atoms with Gasteiger partial charge in [0.2, 0.25) is 0 Å². The minimum Gasteiger partial charge on any atom is -0.597 e. The van der Waals surface area contributed by atoms with Gasteiger partial charge in [0.15, 0.2) is 0 Å². The molecular formula is C26H41F2N8Y-. The van der Waals surface area contributed by atoms with Crippen LogP contribution < -0.4 is 27.4 Å². The van der Waals surface area contributed by atoms with Crippen LogP contribution in [0.2, 0.25) is 0 Å². The van der Waals surface area contributed by atoms with E-state index in [1.807, 2.05) is 5.01 Å². The van der Waals surface area contributed by atoms with Gasteiger partial charge in [-0.3, -0.25) is 4.99 Å². The topological polar surface area (TPSA) is 118 Å². The molecule has 1 aromatic carbocycles. The predicted octanol–water partition coefficient (Wildman–Crippen LogP) is 3.49. The molecule has 0 amide bonds. The molecule has 203 valence electrons. The average Bonchev–Trinajstić information content (AvgIpc) is 2.88. The molecule has 2 heterocycles. The molecule has 1 saturated heterocycles. The van der Waals surface area contributed by atoms with Gasteiger partial charge in [0.1, 0.15) is 0 Å². The maximum absolute atomic E-state index is 14.2. The quantitative estimate of drug-likeness (QED) is 0.199. The molecule has 0 aromatic heterocycles. The number of halogens is 2. The van der Waals surface area contributed by atoms with Crippen molar-refractivity contribution in [2.24, 2.45) is 16.5 Å². The molecule has 11 heteroatoms. The molecule has 8 nitrogen and oxygen atoms in total. The van der Waals surface area contributed by atoms with E-state index in [9.17, 15) is 8.78 Å². The van der Waals surface area contributed by atoms with Crippen LogP contribution >= 0.6 is 0 Å². The molecule has 1 fully saturated rings. The number of nitrogens with zero attached hydrogens (tertiary/aromatic N) is 3. The molecule has 0 spiro atoms. The summed E-state index contributed by atoms with van der Waals surface area (Å²) in [7, 11) is 3.36. The van der Waals surface area contributed by atoms with Crippen molar-refractivity contribution in [2.75, 3.05) is 45.6 Å². The first kappa shape index (κ1) is 31.8. The van der Waals surface area contributed by atoms with E-state index >= 15 is 0 Å². The number of hydrogen-bond donors (Lipinski definition) is 5. The second-order valence-corrected chi connectivity index (χ2v) is 9.29. The molecule has 3 rings (SSSR count). The Kier molecular flexibility index (Phi) is 13.6. The van der Waals surface area contributed by atoms with Gasteiger partial charge in [-0.05, 0) is 74.2 Å². The second-order valence-electron chi connectivity index (χ2n) is 9.29. The molecule has 1 atom stereocenters. The van der Waals surface area contributed by atoms with Crippen LogP contribution in [-0.2, 0) is 39.1 Å². The Morgan fingerprint density at radius 3 is 2.65 bits per heavy atom. The first-order valence-electron chi connectivity index (χ1n) is 12.8. The van der Waals surface area contributed by atoms with Crippen molar-refractivity contribution < 1.29 is 41.5 Å². The van der Waals surface area contributed by atoms with Crippen LogP contribution in [0.5, 0.6) is 0 Å². The Morgan fingerprint density at radius 1 is 1.32 bits per heavy atom. The Morgan fingerprint density at radius 2 is 2.05 bits per heavy atom. The van der Waals surface area contributed by atoms with E-state index in [1.54, 1.807) is 20.2 Å². The van der Waals surface area contributed by atoms with E-state index in [0.717, 1.165) is 62.2 Å². The van der Waals surface area contributed by atoms with Crippen molar-refractivity contribution in [3.8, 4) is 0 Å². The maximum atomic E-state index is 14.2. The number of allylic oxidation sites excluding steroid dienone is 1. The van der Waals surface area contributed by atoms with Crippen molar-refractivity contribution in [3.63, 3.8) is 0 Å². The third-order valence-electron chi connectivity index (χ3n) is 6.84. The Balaban J connectivity index is 0.00000481. The summed E-state index contributed by atoms with van der Waals surface area (Å²) < 4.78 is 28.3. The molecule has 0 saturated carbocycles. The number of hydrogen-bond acceptors (Lipinski definition) is 7. The van der Waals surface area contributed by atoms with Crippen molar-refractivity contribution in [1.82, 2.24) is 15.6 Å². The second kappa shape index (κ2) is 15.9. The zero-order chi connectivity index (χ0) is 26.1. The average molecular weight is 593 g/mol. The minimum absolute atomic E-state index is 0. The summed E-state index contributed by atoms with van der Waals surface area (Å²) in [5.74, 6) is 0. The fourth-order valence-corrected chi connectivity index (χ4v) is 4.91. The smallest absolute Gasteiger partial charge is 0.264 e. The Labute approximate surface area is 245 Å². The first-order chi connectivity index (χ1) is 17.4. The van der Waals surface area contributed by atoms with Gasteiger partial charge in [-0.25, -0.2) is 8.78 Å². The van der Waals surface area contributed by atoms with E-state index in [2.05, 4.69) is 33.3 Å². The summed E-state index contributed by atoms with van der Waals surface area (Å²) in [6.07, 6.45) is 4.09. The molecule has 7 N–H and O–H groups in total. The van der Waals surface area contributed by atoms with E-state index in [1.165, 1.54) is 18.5 Å². The first-order valence-corrected chi connectivity index (χ1v) is 12.8. The van der Waals surface area contributed by atoms with Gasteiger partial charge in [0.05, 0.1) is 6.17 Å². The third-order valence-corrected chi connectivity index (χ3v) is 6.84. The molecule has 2 aliphatic rings. The van der Waals surface area contributed by atoms with Crippen LogP contribution in [0.15, 0.2) is 34.6 Å². The molecule has 37 heavy (non-hydrogen) atoms. The van der Waals surface area contributed by atoms with Gasteiger partial charge in [-0.1, -0.05) is 13.3 Å². The maximum Gasteiger partial charge on any atom is 0.264 e.